The SMILES string of the molecule is CN1CCc2c(sc3c2c(=O)n(-c2ccccc2)c2nnc(SCC(=O)N4CCCCC4)n32)C1. The first-order valence-corrected chi connectivity index (χ1v) is 13.5. The van der Waals surface area contributed by atoms with E-state index in [1.54, 1.807) is 15.9 Å². The van der Waals surface area contributed by atoms with Crippen LogP contribution in [0.4, 0.5) is 0 Å². The van der Waals surface area contributed by atoms with Crippen LogP contribution in [0.5, 0.6) is 0 Å². The van der Waals surface area contributed by atoms with Gasteiger partial charge in [-0.05, 0) is 50.4 Å². The Balaban J connectivity index is 1.50. The molecular weight excluding hydrogens is 468 g/mol. The van der Waals surface area contributed by atoms with Crippen LogP contribution in [0.15, 0.2) is 40.3 Å². The second kappa shape index (κ2) is 8.83. The van der Waals surface area contributed by atoms with Gasteiger partial charge in [-0.15, -0.1) is 21.5 Å². The van der Waals surface area contributed by atoms with Gasteiger partial charge in [0.15, 0.2) is 5.16 Å². The number of thioether (sulfide) groups is 1. The summed E-state index contributed by atoms with van der Waals surface area (Å²) in [5.41, 5.74) is 1.86. The number of fused-ring (bicyclic) bond motifs is 5. The van der Waals surface area contributed by atoms with Crippen LogP contribution >= 0.6 is 23.1 Å². The highest BCUT2D eigenvalue weighted by Gasteiger charge is 2.27. The molecule has 0 N–H and O–H groups in total. The predicted molar refractivity (Wildman–Crippen MR) is 135 cm³/mol. The number of para-hydroxylation sites is 1. The molecule has 0 atom stereocenters. The van der Waals surface area contributed by atoms with Crippen molar-refractivity contribution in [3.8, 4) is 5.69 Å². The zero-order valence-electron chi connectivity index (χ0n) is 19.1. The van der Waals surface area contributed by atoms with Crippen LogP contribution in [0.1, 0.15) is 29.7 Å². The van der Waals surface area contributed by atoms with Crippen LogP contribution < -0.4 is 5.56 Å². The molecule has 0 radical (unpaired) electrons. The molecule has 0 aliphatic carbocycles. The summed E-state index contributed by atoms with van der Waals surface area (Å²) in [6.45, 7) is 3.43. The van der Waals surface area contributed by atoms with E-state index in [1.807, 2.05) is 39.6 Å². The molecule has 6 rings (SSSR count). The zero-order chi connectivity index (χ0) is 23.2. The van der Waals surface area contributed by atoms with Crippen molar-refractivity contribution in [1.29, 1.82) is 0 Å². The lowest BCUT2D eigenvalue weighted by molar-refractivity contribution is -0.129. The van der Waals surface area contributed by atoms with Crippen LogP contribution in [0.2, 0.25) is 0 Å². The summed E-state index contributed by atoms with van der Waals surface area (Å²) in [6.07, 6.45) is 4.19. The molecule has 176 valence electrons. The van der Waals surface area contributed by atoms with E-state index in [2.05, 4.69) is 22.1 Å². The Morgan fingerprint density at radius 3 is 2.68 bits per heavy atom. The molecule has 5 heterocycles. The number of carbonyl (C=O) groups is 1. The highest BCUT2D eigenvalue weighted by atomic mass is 32.2. The number of rotatable bonds is 4. The van der Waals surface area contributed by atoms with Gasteiger partial charge in [-0.3, -0.25) is 9.59 Å². The molecule has 3 aromatic heterocycles. The first kappa shape index (κ1) is 21.8. The number of likely N-dealkylation sites (N-methyl/N-ethyl adjacent to an activating group) is 1. The molecule has 2 aliphatic heterocycles. The van der Waals surface area contributed by atoms with Crippen molar-refractivity contribution in [2.45, 2.75) is 37.4 Å². The van der Waals surface area contributed by atoms with Gasteiger partial charge in [0.2, 0.25) is 11.7 Å². The number of piperidine rings is 1. The number of amides is 1. The normalized spacial score (nSPS) is 16.9. The second-order valence-electron chi connectivity index (χ2n) is 9.00. The number of nitrogens with zero attached hydrogens (tertiary/aromatic N) is 6. The van der Waals surface area contributed by atoms with Gasteiger partial charge in [-0.2, -0.15) is 0 Å². The van der Waals surface area contributed by atoms with Crippen LogP contribution in [0.3, 0.4) is 0 Å². The average Bonchev–Trinajstić information content (AvgIpc) is 3.45. The van der Waals surface area contributed by atoms with E-state index in [0.29, 0.717) is 16.7 Å². The molecule has 0 saturated carbocycles. The number of thiophene rings is 1. The minimum absolute atomic E-state index is 0.0518. The van der Waals surface area contributed by atoms with Gasteiger partial charge in [0.05, 0.1) is 16.8 Å². The van der Waals surface area contributed by atoms with E-state index in [9.17, 15) is 9.59 Å². The van der Waals surface area contributed by atoms with Crippen molar-refractivity contribution < 1.29 is 4.79 Å². The van der Waals surface area contributed by atoms with Gasteiger partial charge in [-0.1, -0.05) is 30.0 Å². The van der Waals surface area contributed by atoms with Gasteiger partial charge in [0.25, 0.3) is 5.56 Å². The van der Waals surface area contributed by atoms with Crippen molar-refractivity contribution in [3.05, 3.63) is 51.1 Å². The molecule has 0 unspecified atom stereocenters. The number of hydrogen-bond acceptors (Lipinski definition) is 7. The van der Waals surface area contributed by atoms with Crippen molar-refractivity contribution in [2.75, 3.05) is 32.4 Å². The van der Waals surface area contributed by atoms with Gasteiger partial charge in [-0.25, -0.2) is 8.97 Å². The van der Waals surface area contributed by atoms with Crippen LogP contribution in [0.25, 0.3) is 21.7 Å². The Bertz CT molecular complexity index is 1430. The Kier molecular flexibility index (Phi) is 5.66. The molecule has 34 heavy (non-hydrogen) atoms. The van der Waals surface area contributed by atoms with Crippen LogP contribution in [0, 0.1) is 0 Å². The molecule has 8 nitrogen and oxygen atoms in total. The molecule has 1 aromatic carbocycles. The van der Waals surface area contributed by atoms with Crippen LogP contribution in [-0.4, -0.2) is 67.3 Å². The molecule has 10 heteroatoms. The summed E-state index contributed by atoms with van der Waals surface area (Å²) in [4.78, 5) is 33.0. The fourth-order valence-electron chi connectivity index (χ4n) is 4.95. The van der Waals surface area contributed by atoms with E-state index in [1.165, 1.54) is 23.1 Å². The largest absolute Gasteiger partial charge is 0.342 e. The van der Waals surface area contributed by atoms with E-state index in [-0.39, 0.29) is 11.5 Å². The first-order valence-electron chi connectivity index (χ1n) is 11.7. The highest BCUT2D eigenvalue weighted by Crippen LogP contribution is 2.35. The third kappa shape index (κ3) is 3.64. The fraction of sp³-hybridized carbons (Fsp3) is 0.417. The van der Waals surface area contributed by atoms with Crippen molar-refractivity contribution in [1.82, 2.24) is 29.0 Å². The topological polar surface area (TPSA) is 75.7 Å². The standard InChI is InChI=1S/C24H26N6O2S2/c1-27-13-10-17-18(14-27)34-22-20(17)21(32)29(16-8-4-2-5-9-16)23-25-26-24(30(22)23)33-15-19(31)28-11-6-3-7-12-28/h2,4-5,8-9H,3,6-7,10-15H2,1H3. The molecule has 1 fully saturated rings. The number of aromatic nitrogens is 4. The maximum atomic E-state index is 13.8. The van der Waals surface area contributed by atoms with Gasteiger partial charge >= 0.3 is 0 Å². The third-order valence-corrected chi connectivity index (χ3v) is 8.83. The quantitative estimate of drug-likeness (QED) is 0.406. The molecular formula is C24H26N6O2S2. The lowest BCUT2D eigenvalue weighted by atomic mass is 10.1. The Morgan fingerprint density at radius 1 is 1.09 bits per heavy atom. The minimum Gasteiger partial charge on any atom is -0.342 e. The summed E-state index contributed by atoms with van der Waals surface area (Å²) in [7, 11) is 2.11. The molecule has 0 spiro atoms. The maximum absolute atomic E-state index is 13.8. The number of hydrogen-bond donors (Lipinski definition) is 0. The number of benzene rings is 1. The minimum atomic E-state index is -0.0518. The fourth-order valence-corrected chi connectivity index (χ4v) is 7.26. The Labute approximate surface area is 205 Å². The summed E-state index contributed by atoms with van der Waals surface area (Å²) in [5.74, 6) is 0.949. The van der Waals surface area contributed by atoms with Crippen molar-refractivity contribution in [3.63, 3.8) is 0 Å². The second-order valence-corrected chi connectivity index (χ2v) is 11.0. The molecule has 2 aliphatic rings. The Morgan fingerprint density at radius 2 is 1.88 bits per heavy atom. The summed E-state index contributed by atoms with van der Waals surface area (Å²) >= 11 is 3.06. The highest BCUT2D eigenvalue weighted by molar-refractivity contribution is 7.99. The maximum Gasteiger partial charge on any atom is 0.268 e. The molecule has 4 aromatic rings. The average molecular weight is 495 g/mol. The summed E-state index contributed by atoms with van der Waals surface area (Å²) < 4.78 is 3.65. The number of likely N-dealkylation sites (tertiary alicyclic amines) is 1. The van der Waals surface area contributed by atoms with E-state index in [0.717, 1.165) is 66.9 Å². The summed E-state index contributed by atoms with van der Waals surface area (Å²) in [6, 6.07) is 9.61. The Hall–Kier alpha value is -2.69. The molecule has 1 amide bonds. The number of carbonyl (C=O) groups excluding carboxylic acids is 1. The van der Waals surface area contributed by atoms with E-state index < -0.39 is 0 Å². The lowest BCUT2D eigenvalue weighted by Crippen LogP contribution is -2.36. The van der Waals surface area contributed by atoms with Gasteiger partial charge < -0.3 is 9.80 Å². The lowest BCUT2D eigenvalue weighted by Gasteiger charge is -2.26. The first-order chi connectivity index (χ1) is 16.6. The summed E-state index contributed by atoms with van der Waals surface area (Å²) in [5, 5.41) is 10.3. The van der Waals surface area contributed by atoms with Crippen LogP contribution in [-0.2, 0) is 17.8 Å². The van der Waals surface area contributed by atoms with Crippen molar-refractivity contribution in [2.24, 2.45) is 0 Å². The zero-order valence-corrected chi connectivity index (χ0v) is 20.7. The molecule has 1 saturated heterocycles. The van der Waals surface area contributed by atoms with E-state index in [4.69, 9.17) is 0 Å². The van der Waals surface area contributed by atoms with Crippen molar-refractivity contribution >= 4 is 45.0 Å². The van der Waals surface area contributed by atoms with E-state index >= 15 is 0 Å². The smallest absolute Gasteiger partial charge is 0.268 e. The predicted octanol–water partition coefficient (Wildman–Crippen LogP) is 3.19. The molecule has 0 bridgehead atoms. The van der Waals surface area contributed by atoms with Gasteiger partial charge in [0, 0.05) is 31.1 Å². The van der Waals surface area contributed by atoms with Gasteiger partial charge in [0.1, 0.15) is 4.83 Å². The monoisotopic (exact) mass is 494 g/mol. The third-order valence-electron chi connectivity index (χ3n) is 6.71.